The van der Waals surface area contributed by atoms with Crippen molar-refractivity contribution >= 4 is 5.91 Å². The van der Waals surface area contributed by atoms with Crippen molar-refractivity contribution in [3.8, 4) is 0 Å². The molecule has 1 aliphatic heterocycles. The molecule has 1 amide bonds. The van der Waals surface area contributed by atoms with Crippen LogP contribution in [0.15, 0.2) is 12.1 Å². The molecule has 1 heterocycles. The number of nitrogens with one attached hydrogen (secondary N) is 1. The first-order valence-corrected chi connectivity index (χ1v) is 5.95. The zero-order valence-corrected chi connectivity index (χ0v) is 10.7. The van der Waals surface area contributed by atoms with Crippen LogP contribution in [0.5, 0.6) is 0 Å². The van der Waals surface area contributed by atoms with Crippen molar-refractivity contribution in [2.45, 2.75) is 39.0 Å². The number of amides is 1. The van der Waals surface area contributed by atoms with E-state index in [1.165, 1.54) is 6.07 Å². The Hall–Kier alpha value is -1.38. The van der Waals surface area contributed by atoms with Crippen molar-refractivity contribution in [3.05, 3.63) is 34.6 Å². The third kappa shape index (κ3) is 1.94. The van der Waals surface area contributed by atoms with Crippen LogP contribution in [0.3, 0.4) is 0 Å². The van der Waals surface area contributed by atoms with Gasteiger partial charge in [-0.05, 0) is 23.1 Å². The van der Waals surface area contributed by atoms with Crippen molar-refractivity contribution < 1.29 is 9.18 Å². The Bertz CT molecular complexity index is 477. The van der Waals surface area contributed by atoms with Crippen LogP contribution in [0.1, 0.15) is 55.1 Å². The Labute approximate surface area is 101 Å². The van der Waals surface area contributed by atoms with Gasteiger partial charge in [0.2, 0.25) is 0 Å². The van der Waals surface area contributed by atoms with E-state index in [-0.39, 0.29) is 22.8 Å². The van der Waals surface area contributed by atoms with Gasteiger partial charge in [-0.3, -0.25) is 4.79 Å². The lowest BCUT2D eigenvalue weighted by atomic mass is 9.77. The van der Waals surface area contributed by atoms with E-state index in [1.54, 1.807) is 0 Å². The monoisotopic (exact) mass is 235 g/mol. The molecule has 2 rings (SSSR count). The van der Waals surface area contributed by atoms with Crippen molar-refractivity contribution in [1.29, 1.82) is 0 Å². The van der Waals surface area contributed by atoms with Crippen LogP contribution in [0.4, 0.5) is 4.39 Å². The smallest absolute Gasteiger partial charge is 0.254 e. The van der Waals surface area contributed by atoms with E-state index in [0.29, 0.717) is 6.54 Å². The van der Waals surface area contributed by atoms with Gasteiger partial charge in [-0.15, -0.1) is 0 Å². The first kappa shape index (κ1) is 12.1. The van der Waals surface area contributed by atoms with Gasteiger partial charge in [0.1, 0.15) is 5.82 Å². The Balaban J connectivity index is 2.69. The van der Waals surface area contributed by atoms with Crippen LogP contribution in [0.2, 0.25) is 0 Å². The molecule has 92 valence electrons. The summed E-state index contributed by atoms with van der Waals surface area (Å²) in [6.45, 7) is 8.65. The van der Waals surface area contributed by atoms with Gasteiger partial charge in [0, 0.05) is 12.0 Å². The minimum atomic E-state index is -0.406. The molecule has 0 aliphatic carbocycles. The number of hydrogen-bond acceptors (Lipinski definition) is 1. The number of benzene rings is 1. The second-order valence-corrected chi connectivity index (χ2v) is 5.65. The van der Waals surface area contributed by atoms with E-state index < -0.39 is 5.82 Å². The molecule has 0 fully saturated rings. The summed E-state index contributed by atoms with van der Waals surface area (Å²) in [6, 6.07) is 3.45. The molecule has 0 aromatic heterocycles. The molecule has 0 saturated heterocycles. The van der Waals surface area contributed by atoms with Crippen molar-refractivity contribution in [3.63, 3.8) is 0 Å². The van der Waals surface area contributed by atoms with Gasteiger partial charge < -0.3 is 5.32 Å². The maximum Gasteiger partial charge on any atom is 0.254 e. The summed E-state index contributed by atoms with van der Waals surface area (Å²) < 4.78 is 14.0. The van der Waals surface area contributed by atoms with E-state index in [2.05, 4.69) is 5.32 Å². The molecule has 1 N–H and O–H groups in total. The molecule has 3 heteroatoms. The van der Waals surface area contributed by atoms with E-state index in [1.807, 2.05) is 33.8 Å². The molecule has 1 aromatic rings. The van der Waals surface area contributed by atoms with Gasteiger partial charge in [-0.25, -0.2) is 4.39 Å². The third-order valence-corrected chi connectivity index (χ3v) is 3.43. The van der Waals surface area contributed by atoms with Crippen LogP contribution in [0.25, 0.3) is 0 Å². The van der Waals surface area contributed by atoms with Crippen LogP contribution in [0, 0.1) is 5.82 Å². The second-order valence-electron chi connectivity index (χ2n) is 5.65. The van der Waals surface area contributed by atoms with Crippen LogP contribution >= 0.6 is 0 Å². The van der Waals surface area contributed by atoms with Crippen LogP contribution in [-0.2, 0) is 5.41 Å². The number of hydrogen-bond donors (Lipinski definition) is 1. The highest BCUT2D eigenvalue weighted by Gasteiger charge is 2.34. The number of carbonyl (C=O) groups is 1. The van der Waals surface area contributed by atoms with E-state index in [9.17, 15) is 9.18 Å². The van der Waals surface area contributed by atoms with E-state index in [4.69, 9.17) is 0 Å². The molecular formula is C14H18FNO. The standard InChI is InChI=1S/C14H18FNO/c1-8(2)9-5-10-12(11(15)6-9)13(17)16-7-14(10,3)4/h5-6,8H,7H2,1-4H3,(H,16,17). The fourth-order valence-corrected chi connectivity index (χ4v) is 2.21. The summed E-state index contributed by atoms with van der Waals surface area (Å²) in [5.74, 6) is -0.445. The van der Waals surface area contributed by atoms with E-state index in [0.717, 1.165) is 11.1 Å². The molecule has 2 nitrogen and oxygen atoms in total. The lowest BCUT2D eigenvalue weighted by Gasteiger charge is -2.33. The first-order valence-electron chi connectivity index (χ1n) is 5.95. The number of fused-ring (bicyclic) bond motifs is 1. The van der Waals surface area contributed by atoms with Gasteiger partial charge in [-0.1, -0.05) is 33.8 Å². The highest BCUT2D eigenvalue weighted by molar-refractivity contribution is 5.97. The molecule has 0 bridgehead atoms. The summed E-state index contributed by atoms with van der Waals surface area (Å²) in [6.07, 6.45) is 0. The van der Waals surface area contributed by atoms with Crippen LogP contribution in [-0.4, -0.2) is 12.5 Å². The Morgan fingerprint density at radius 2 is 2.00 bits per heavy atom. The van der Waals surface area contributed by atoms with Gasteiger partial charge >= 0.3 is 0 Å². The number of carbonyl (C=O) groups excluding carboxylic acids is 1. The van der Waals surface area contributed by atoms with Gasteiger partial charge in [0.25, 0.3) is 5.91 Å². The normalized spacial score (nSPS) is 17.9. The Morgan fingerprint density at radius 1 is 1.35 bits per heavy atom. The summed E-state index contributed by atoms with van der Waals surface area (Å²) in [5, 5.41) is 2.74. The highest BCUT2D eigenvalue weighted by Crippen LogP contribution is 2.33. The Kier molecular flexibility index (Phi) is 2.72. The fraction of sp³-hybridized carbons (Fsp3) is 0.500. The molecule has 0 radical (unpaired) electrons. The molecule has 0 saturated carbocycles. The topological polar surface area (TPSA) is 29.1 Å². The lowest BCUT2D eigenvalue weighted by Crippen LogP contribution is -2.44. The summed E-state index contributed by atoms with van der Waals surface area (Å²) in [7, 11) is 0. The van der Waals surface area contributed by atoms with Crippen molar-refractivity contribution in [2.24, 2.45) is 0 Å². The Morgan fingerprint density at radius 3 is 2.59 bits per heavy atom. The third-order valence-electron chi connectivity index (χ3n) is 3.43. The first-order chi connectivity index (χ1) is 7.83. The predicted octanol–water partition coefficient (Wildman–Crippen LogP) is 2.97. The summed E-state index contributed by atoms with van der Waals surface area (Å²) >= 11 is 0. The quantitative estimate of drug-likeness (QED) is 0.796. The highest BCUT2D eigenvalue weighted by atomic mass is 19.1. The molecule has 17 heavy (non-hydrogen) atoms. The van der Waals surface area contributed by atoms with Crippen molar-refractivity contribution in [1.82, 2.24) is 5.32 Å². The molecule has 0 spiro atoms. The molecule has 1 aromatic carbocycles. The molecule has 1 aliphatic rings. The lowest BCUT2D eigenvalue weighted by molar-refractivity contribution is 0.0925. The SMILES string of the molecule is CC(C)c1cc(F)c2c(c1)C(C)(C)CNC2=O. The van der Waals surface area contributed by atoms with E-state index >= 15 is 0 Å². The van der Waals surface area contributed by atoms with Gasteiger partial charge in [0.15, 0.2) is 0 Å². The summed E-state index contributed by atoms with van der Waals surface area (Å²) in [4.78, 5) is 11.7. The number of rotatable bonds is 1. The second kappa shape index (κ2) is 3.83. The van der Waals surface area contributed by atoms with Gasteiger partial charge in [0.05, 0.1) is 5.56 Å². The minimum absolute atomic E-state index is 0.213. The maximum atomic E-state index is 14.0. The molecular weight excluding hydrogens is 217 g/mol. The van der Waals surface area contributed by atoms with Crippen LogP contribution < -0.4 is 5.32 Å². The largest absolute Gasteiger partial charge is 0.351 e. The van der Waals surface area contributed by atoms with Gasteiger partial charge in [-0.2, -0.15) is 0 Å². The predicted molar refractivity (Wildman–Crippen MR) is 65.8 cm³/mol. The zero-order valence-electron chi connectivity index (χ0n) is 10.7. The van der Waals surface area contributed by atoms with Crippen molar-refractivity contribution in [2.75, 3.05) is 6.54 Å². The maximum absolute atomic E-state index is 14.0. The average Bonchev–Trinajstić information content (AvgIpc) is 2.23. The fourth-order valence-electron chi connectivity index (χ4n) is 2.21. The average molecular weight is 235 g/mol. The minimum Gasteiger partial charge on any atom is -0.351 e. The number of halogens is 1. The molecule has 0 unspecified atom stereocenters. The molecule has 0 atom stereocenters. The zero-order chi connectivity index (χ0) is 12.8. The summed E-state index contributed by atoms with van der Waals surface area (Å²) in [5.41, 5.74) is 1.77.